The van der Waals surface area contributed by atoms with Crippen LogP contribution in [0.25, 0.3) is 0 Å². The molecule has 0 saturated carbocycles. The maximum Gasteiger partial charge on any atom is 0.176 e. The minimum Gasteiger partial charge on any atom is -0.367 e. The van der Waals surface area contributed by atoms with Crippen LogP contribution in [0.1, 0.15) is 11.4 Å². The fourth-order valence-electron chi connectivity index (χ4n) is 2.22. The van der Waals surface area contributed by atoms with Crippen molar-refractivity contribution in [3.05, 3.63) is 66.0 Å². The number of nitrogens with one attached hydrogen (secondary N) is 1. The third-order valence-electron chi connectivity index (χ3n) is 3.25. The molecule has 22 heavy (non-hydrogen) atoms. The number of hydrogen-bond donors (Lipinski definition) is 1. The van der Waals surface area contributed by atoms with Gasteiger partial charge in [-0.3, -0.25) is 4.98 Å². The van der Waals surface area contributed by atoms with Crippen molar-refractivity contribution in [2.75, 3.05) is 11.4 Å². The molecule has 0 spiro atoms. The van der Waals surface area contributed by atoms with E-state index in [4.69, 9.17) is 0 Å². The van der Waals surface area contributed by atoms with Crippen LogP contribution in [0, 0.1) is 5.82 Å². The highest BCUT2D eigenvalue weighted by molar-refractivity contribution is 5.46. The summed E-state index contributed by atoms with van der Waals surface area (Å²) >= 11 is 0. The van der Waals surface area contributed by atoms with Crippen LogP contribution in [0.3, 0.4) is 0 Å². The number of rotatable bonds is 6. The zero-order chi connectivity index (χ0) is 15.2. The highest BCUT2D eigenvalue weighted by Crippen LogP contribution is 2.17. The highest BCUT2D eigenvalue weighted by atomic mass is 19.1. The largest absolute Gasteiger partial charge is 0.367 e. The second-order valence-corrected chi connectivity index (χ2v) is 4.85. The molecule has 0 aliphatic heterocycles. The molecule has 7 heteroatoms. The van der Waals surface area contributed by atoms with Crippen LogP contribution < -0.4 is 4.90 Å². The third kappa shape index (κ3) is 3.63. The number of anilines is 1. The van der Waals surface area contributed by atoms with Crippen LogP contribution >= 0.6 is 0 Å². The molecule has 0 fully saturated rings. The molecule has 0 aliphatic carbocycles. The molecular weight excluding hydrogens is 283 g/mol. The molecule has 3 rings (SSSR count). The lowest BCUT2D eigenvalue weighted by molar-refractivity contribution is 0.617. The molecule has 0 bridgehead atoms. The predicted molar refractivity (Wildman–Crippen MR) is 79.6 cm³/mol. The Balaban J connectivity index is 1.76. The Morgan fingerprint density at radius 3 is 2.73 bits per heavy atom. The molecule has 0 aliphatic rings. The number of pyridine rings is 1. The van der Waals surface area contributed by atoms with Crippen molar-refractivity contribution in [2.45, 2.75) is 13.0 Å². The van der Waals surface area contributed by atoms with Gasteiger partial charge >= 0.3 is 0 Å². The zero-order valence-corrected chi connectivity index (χ0v) is 11.9. The number of hydrogen-bond acceptors (Lipinski definition) is 5. The molecular formula is C15H15FN6. The van der Waals surface area contributed by atoms with Gasteiger partial charge in [-0.25, -0.2) is 4.39 Å². The minimum atomic E-state index is -0.330. The van der Waals surface area contributed by atoms with Crippen LogP contribution in [0.2, 0.25) is 0 Å². The van der Waals surface area contributed by atoms with E-state index >= 15 is 0 Å². The van der Waals surface area contributed by atoms with Gasteiger partial charge in [-0.15, -0.1) is 10.2 Å². The monoisotopic (exact) mass is 298 g/mol. The number of benzene rings is 1. The van der Waals surface area contributed by atoms with E-state index in [0.717, 1.165) is 11.3 Å². The summed E-state index contributed by atoms with van der Waals surface area (Å²) in [6.45, 7) is 1.26. The van der Waals surface area contributed by atoms with E-state index in [1.807, 2.05) is 30.3 Å². The topological polar surface area (TPSA) is 70.6 Å². The summed E-state index contributed by atoms with van der Waals surface area (Å²) in [7, 11) is 0. The van der Waals surface area contributed by atoms with Gasteiger partial charge in [-0.05, 0) is 23.8 Å². The smallest absolute Gasteiger partial charge is 0.176 e. The molecule has 0 amide bonds. The summed E-state index contributed by atoms with van der Waals surface area (Å²) in [6.07, 6.45) is 3.52. The Bertz CT molecular complexity index is 701. The molecule has 0 radical (unpaired) electrons. The van der Waals surface area contributed by atoms with E-state index < -0.39 is 0 Å². The van der Waals surface area contributed by atoms with Gasteiger partial charge < -0.3 is 4.90 Å². The van der Waals surface area contributed by atoms with Crippen LogP contribution in [0.4, 0.5) is 10.1 Å². The van der Waals surface area contributed by atoms with E-state index in [2.05, 4.69) is 30.5 Å². The zero-order valence-electron chi connectivity index (χ0n) is 11.9. The first-order chi connectivity index (χ1) is 10.8. The second kappa shape index (κ2) is 6.75. The average molecular weight is 298 g/mol. The summed E-state index contributed by atoms with van der Waals surface area (Å²) in [6, 6.07) is 11.4. The van der Waals surface area contributed by atoms with Crippen molar-refractivity contribution in [1.82, 2.24) is 25.6 Å². The molecule has 1 aromatic carbocycles. The standard InChI is InChI=1S/C15H15FN6/c16-13-8-12(9-17-10-13)11-22(14-4-2-1-3-5-14)7-6-15-18-20-21-19-15/h1-5,8-10H,6-7,11H2,(H,18,19,20,21). The number of para-hydroxylation sites is 1. The molecule has 3 aromatic rings. The lowest BCUT2D eigenvalue weighted by Gasteiger charge is -2.24. The number of aromatic amines is 1. The van der Waals surface area contributed by atoms with Gasteiger partial charge in [0, 0.05) is 31.4 Å². The average Bonchev–Trinajstić information content (AvgIpc) is 3.06. The molecule has 112 valence electrons. The van der Waals surface area contributed by atoms with Crippen molar-refractivity contribution in [3.63, 3.8) is 0 Å². The fraction of sp³-hybridized carbons (Fsp3) is 0.200. The fourth-order valence-corrected chi connectivity index (χ4v) is 2.22. The molecule has 2 heterocycles. The molecule has 0 atom stereocenters. The van der Waals surface area contributed by atoms with Gasteiger partial charge in [0.05, 0.1) is 6.20 Å². The number of H-pyrrole nitrogens is 1. The van der Waals surface area contributed by atoms with Gasteiger partial charge in [0.2, 0.25) is 0 Å². The van der Waals surface area contributed by atoms with Gasteiger partial charge in [0.25, 0.3) is 0 Å². The molecule has 2 aromatic heterocycles. The minimum absolute atomic E-state index is 0.330. The highest BCUT2D eigenvalue weighted by Gasteiger charge is 2.10. The second-order valence-electron chi connectivity index (χ2n) is 4.85. The van der Waals surface area contributed by atoms with E-state index in [9.17, 15) is 4.39 Å². The summed E-state index contributed by atoms with van der Waals surface area (Å²) in [5, 5.41) is 13.9. The van der Waals surface area contributed by atoms with Gasteiger partial charge in [-0.1, -0.05) is 23.4 Å². The van der Waals surface area contributed by atoms with E-state index in [-0.39, 0.29) is 5.82 Å². The Hall–Kier alpha value is -2.83. The van der Waals surface area contributed by atoms with E-state index in [1.54, 1.807) is 6.20 Å². The molecule has 1 N–H and O–H groups in total. The van der Waals surface area contributed by atoms with Crippen LogP contribution in [-0.2, 0) is 13.0 Å². The Labute approximate surface area is 127 Å². The summed E-state index contributed by atoms with van der Waals surface area (Å²) in [4.78, 5) is 6.03. The lowest BCUT2D eigenvalue weighted by atomic mass is 10.2. The summed E-state index contributed by atoms with van der Waals surface area (Å²) in [5.41, 5.74) is 1.87. The summed E-state index contributed by atoms with van der Waals surface area (Å²) < 4.78 is 13.3. The van der Waals surface area contributed by atoms with Crippen LogP contribution in [-0.4, -0.2) is 32.2 Å². The SMILES string of the molecule is Fc1cncc(CN(CCc2nn[nH]n2)c2ccccc2)c1. The van der Waals surface area contributed by atoms with Crippen LogP contribution in [0.5, 0.6) is 0 Å². The Morgan fingerprint density at radius 2 is 2.00 bits per heavy atom. The first-order valence-electron chi connectivity index (χ1n) is 6.93. The maximum absolute atomic E-state index is 13.3. The summed E-state index contributed by atoms with van der Waals surface area (Å²) in [5.74, 6) is 0.321. The first-order valence-corrected chi connectivity index (χ1v) is 6.93. The number of nitrogens with zero attached hydrogens (tertiary/aromatic N) is 5. The van der Waals surface area contributed by atoms with Gasteiger partial charge in [0.1, 0.15) is 5.82 Å². The van der Waals surface area contributed by atoms with Crippen molar-refractivity contribution >= 4 is 5.69 Å². The number of tetrazole rings is 1. The van der Waals surface area contributed by atoms with Crippen molar-refractivity contribution in [3.8, 4) is 0 Å². The normalized spacial score (nSPS) is 10.6. The predicted octanol–water partition coefficient (Wildman–Crippen LogP) is 1.98. The number of aromatic nitrogens is 5. The van der Waals surface area contributed by atoms with Gasteiger partial charge in [0.15, 0.2) is 5.82 Å². The van der Waals surface area contributed by atoms with E-state index in [0.29, 0.717) is 25.3 Å². The van der Waals surface area contributed by atoms with Gasteiger partial charge in [-0.2, -0.15) is 5.21 Å². The van der Waals surface area contributed by atoms with Crippen molar-refractivity contribution in [1.29, 1.82) is 0 Å². The quantitative estimate of drug-likeness (QED) is 0.753. The maximum atomic E-state index is 13.3. The van der Waals surface area contributed by atoms with Crippen molar-refractivity contribution in [2.24, 2.45) is 0 Å². The Morgan fingerprint density at radius 1 is 1.14 bits per heavy atom. The molecule has 0 saturated heterocycles. The van der Waals surface area contributed by atoms with Crippen LogP contribution in [0.15, 0.2) is 48.8 Å². The molecule has 6 nitrogen and oxygen atoms in total. The number of halogens is 1. The first kappa shape index (κ1) is 14.1. The lowest BCUT2D eigenvalue weighted by Crippen LogP contribution is -2.25. The molecule has 0 unspecified atom stereocenters. The van der Waals surface area contributed by atoms with Crippen molar-refractivity contribution < 1.29 is 4.39 Å². The third-order valence-corrected chi connectivity index (χ3v) is 3.25. The Kier molecular flexibility index (Phi) is 4.33. The van der Waals surface area contributed by atoms with E-state index in [1.165, 1.54) is 12.3 Å².